The number of amides is 2. The lowest BCUT2D eigenvalue weighted by Gasteiger charge is -2.22. The lowest BCUT2D eigenvalue weighted by Crippen LogP contribution is -2.28. The summed E-state index contributed by atoms with van der Waals surface area (Å²) in [5, 5.41) is 20.8. The van der Waals surface area contributed by atoms with Crippen molar-refractivity contribution in [1.29, 1.82) is 0 Å². The second-order valence-corrected chi connectivity index (χ2v) is 12.4. The van der Waals surface area contributed by atoms with Crippen molar-refractivity contribution >= 4 is 40.6 Å². The van der Waals surface area contributed by atoms with Crippen molar-refractivity contribution in [2.45, 2.75) is 37.5 Å². The van der Waals surface area contributed by atoms with Gasteiger partial charge in [-0.1, -0.05) is 90.1 Å². The molecule has 6 rings (SSSR count). The third-order valence-electron chi connectivity index (χ3n) is 7.44. The number of carbonyl (C=O) groups is 2. The number of rotatable bonds is 11. The highest BCUT2D eigenvalue weighted by atomic mass is 32.2. The van der Waals surface area contributed by atoms with Crippen LogP contribution in [0.1, 0.15) is 39.9 Å². The smallest absolute Gasteiger partial charge is 0.253 e. The Morgan fingerprint density at radius 3 is 2.51 bits per heavy atom. The monoisotopic (exact) mass is 636 g/mol. The van der Waals surface area contributed by atoms with E-state index in [0.717, 1.165) is 27.3 Å². The molecule has 0 spiro atoms. The fraction of sp³-hybridized carbons (Fsp3) is 0.206. The molecule has 0 bridgehead atoms. The summed E-state index contributed by atoms with van der Waals surface area (Å²) < 4.78 is 7.48. The number of para-hydroxylation sites is 2. The van der Waals surface area contributed by atoms with Crippen molar-refractivity contribution in [3.05, 3.63) is 124 Å². The maximum atomic E-state index is 13.8. The fourth-order valence-electron chi connectivity index (χ4n) is 5.16. The molecule has 0 saturated carbocycles. The van der Waals surface area contributed by atoms with Crippen LogP contribution in [0.15, 0.2) is 107 Å². The summed E-state index contributed by atoms with van der Waals surface area (Å²) in [6, 6.07) is 29.2. The highest BCUT2D eigenvalue weighted by molar-refractivity contribution is 7.99. The van der Waals surface area contributed by atoms with E-state index in [-0.39, 0.29) is 36.6 Å². The maximum absolute atomic E-state index is 13.8. The molecule has 0 radical (unpaired) electrons. The zero-order valence-electron chi connectivity index (χ0n) is 24.9. The van der Waals surface area contributed by atoms with Crippen LogP contribution in [0.3, 0.4) is 0 Å². The van der Waals surface area contributed by atoms with Crippen LogP contribution < -0.4 is 10.1 Å². The van der Waals surface area contributed by atoms with E-state index in [1.165, 1.54) is 11.8 Å². The normalized spacial score (nSPS) is 14.3. The molecule has 11 heteroatoms. The van der Waals surface area contributed by atoms with E-state index >= 15 is 0 Å². The summed E-state index contributed by atoms with van der Waals surface area (Å²) in [7, 11) is 1.60. The highest BCUT2D eigenvalue weighted by Crippen LogP contribution is 2.35. The number of ether oxygens (including phenoxy) is 1. The molecule has 1 N–H and O–H groups in total. The predicted octanol–water partition coefficient (Wildman–Crippen LogP) is 5.97. The number of hydrogen-bond donors (Lipinski definition) is 1. The Bertz CT molecular complexity index is 1800. The lowest BCUT2D eigenvalue weighted by molar-refractivity contribution is -0.130. The molecule has 5 aromatic rings. The van der Waals surface area contributed by atoms with Gasteiger partial charge < -0.3 is 10.1 Å². The van der Waals surface area contributed by atoms with E-state index in [4.69, 9.17) is 9.84 Å². The van der Waals surface area contributed by atoms with E-state index in [0.29, 0.717) is 28.8 Å². The van der Waals surface area contributed by atoms with Crippen molar-refractivity contribution in [2.24, 2.45) is 5.10 Å². The molecule has 0 aliphatic carbocycles. The first-order valence-corrected chi connectivity index (χ1v) is 16.4. The Labute approximate surface area is 270 Å². The molecule has 0 unspecified atom stereocenters. The lowest BCUT2D eigenvalue weighted by atomic mass is 10.00. The summed E-state index contributed by atoms with van der Waals surface area (Å²) in [5.74, 6) is 0.969. The Morgan fingerprint density at radius 2 is 1.76 bits per heavy atom. The van der Waals surface area contributed by atoms with Crippen LogP contribution in [0.5, 0.6) is 5.75 Å². The van der Waals surface area contributed by atoms with Crippen LogP contribution in [0.4, 0.5) is 0 Å². The molecule has 9 nitrogen and oxygen atoms in total. The first-order chi connectivity index (χ1) is 22.0. The summed E-state index contributed by atoms with van der Waals surface area (Å²) >= 11 is 2.89. The van der Waals surface area contributed by atoms with E-state index in [1.807, 2.05) is 83.6 Å². The summed E-state index contributed by atoms with van der Waals surface area (Å²) in [6.07, 6.45) is 0.899. The SMILES string of the molecule is COc1ccccc1-n1c(CNC(=O)Cc2ccccc2)nnc1SCC(=O)N1N=C(c2cccs2)C[C@@H]1c1ccc(C)cc1. The number of aromatic nitrogens is 3. The largest absolute Gasteiger partial charge is 0.495 e. The number of nitrogens with one attached hydrogen (secondary N) is 1. The van der Waals surface area contributed by atoms with Crippen LogP contribution in [-0.4, -0.2) is 50.2 Å². The summed E-state index contributed by atoms with van der Waals surface area (Å²) in [5.41, 5.74) is 4.74. The second kappa shape index (κ2) is 13.9. The van der Waals surface area contributed by atoms with Crippen LogP contribution in [0, 0.1) is 6.92 Å². The van der Waals surface area contributed by atoms with Gasteiger partial charge in [-0.3, -0.25) is 14.2 Å². The predicted molar refractivity (Wildman–Crippen MR) is 177 cm³/mol. The van der Waals surface area contributed by atoms with E-state index in [2.05, 4.69) is 39.8 Å². The molecule has 1 aliphatic rings. The number of benzene rings is 3. The molecular formula is C34H32N6O3S2. The van der Waals surface area contributed by atoms with Crippen molar-refractivity contribution in [2.75, 3.05) is 12.9 Å². The number of nitrogens with zero attached hydrogens (tertiary/aromatic N) is 5. The number of aryl methyl sites for hydroxylation is 1. The van der Waals surface area contributed by atoms with Gasteiger partial charge in [0.2, 0.25) is 5.91 Å². The minimum atomic E-state index is -0.196. The minimum absolute atomic E-state index is 0.0945. The molecule has 2 amide bonds. The molecule has 1 aliphatic heterocycles. The van der Waals surface area contributed by atoms with Gasteiger partial charge in [-0.05, 0) is 41.6 Å². The maximum Gasteiger partial charge on any atom is 0.253 e. The Balaban J connectivity index is 1.23. The zero-order chi connectivity index (χ0) is 31.2. The van der Waals surface area contributed by atoms with Gasteiger partial charge in [-0.25, -0.2) is 5.01 Å². The van der Waals surface area contributed by atoms with Gasteiger partial charge in [-0.2, -0.15) is 5.10 Å². The quantitative estimate of drug-likeness (QED) is 0.179. The standard InChI is InChI=1S/C34H32N6O3S2/c1-23-14-16-25(17-15-23)28-20-26(30-13-8-18-44-30)38-40(28)33(42)22-45-34-37-36-31(39(34)27-11-6-7-12-29(27)43-2)21-35-32(41)19-24-9-4-3-5-10-24/h3-18,28H,19-22H2,1-2H3,(H,35,41)/t28-/m1/s1. The van der Waals surface area contributed by atoms with Gasteiger partial charge in [0.15, 0.2) is 11.0 Å². The van der Waals surface area contributed by atoms with Crippen LogP contribution in [-0.2, 0) is 22.6 Å². The van der Waals surface area contributed by atoms with Gasteiger partial charge in [0.25, 0.3) is 5.91 Å². The van der Waals surface area contributed by atoms with E-state index in [9.17, 15) is 9.59 Å². The molecule has 1 atom stereocenters. The van der Waals surface area contributed by atoms with Crippen LogP contribution in [0.25, 0.3) is 5.69 Å². The van der Waals surface area contributed by atoms with Gasteiger partial charge in [-0.15, -0.1) is 21.5 Å². The number of thiophene rings is 1. The van der Waals surface area contributed by atoms with Crippen molar-refractivity contribution in [1.82, 2.24) is 25.1 Å². The Hall–Kier alpha value is -4.74. The van der Waals surface area contributed by atoms with Crippen LogP contribution >= 0.6 is 23.1 Å². The Morgan fingerprint density at radius 1 is 0.978 bits per heavy atom. The molecule has 0 saturated heterocycles. The molecule has 3 heterocycles. The van der Waals surface area contributed by atoms with Crippen molar-refractivity contribution < 1.29 is 14.3 Å². The Kier molecular flexibility index (Phi) is 9.37. The van der Waals surface area contributed by atoms with Crippen LogP contribution in [0.2, 0.25) is 0 Å². The zero-order valence-corrected chi connectivity index (χ0v) is 26.6. The first-order valence-electron chi connectivity index (χ1n) is 14.5. The van der Waals surface area contributed by atoms with E-state index in [1.54, 1.807) is 23.5 Å². The van der Waals surface area contributed by atoms with Crippen molar-refractivity contribution in [3.63, 3.8) is 0 Å². The first kappa shape index (κ1) is 30.3. The third-order valence-corrected chi connectivity index (χ3v) is 9.27. The summed E-state index contributed by atoms with van der Waals surface area (Å²) in [6.45, 7) is 2.20. The average molecular weight is 637 g/mol. The minimum Gasteiger partial charge on any atom is -0.495 e. The number of methoxy groups -OCH3 is 1. The van der Waals surface area contributed by atoms with Gasteiger partial charge >= 0.3 is 0 Å². The molecule has 0 fully saturated rings. The second-order valence-electron chi connectivity index (χ2n) is 10.5. The number of hydrazone groups is 1. The number of thioether (sulfide) groups is 1. The number of carbonyl (C=O) groups excluding carboxylic acids is 2. The molecule has 2 aromatic heterocycles. The molecule has 45 heavy (non-hydrogen) atoms. The fourth-order valence-corrected chi connectivity index (χ4v) is 6.70. The number of hydrogen-bond acceptors (Lipinski definition) is 8. The van der Waals surface area contributed by atoms with Gasteiger partial charge in [0.1, 0.15) is 5.75 Å². The summed E-state index contributed by atoms with van der Waals surface area (Å²) in [4.78, 5) is 27.6. The average Bonchev–Trinajstić information content (AvgIpc) is 3.84. The van der Waals surface area contributed by atoms with E-state index < -0.39 is 0 Å². The van der Waals surface area contributed by atoms with Gasteiger partial charge in [0, 0.05) is 6.42 Å². The van der Waals surface area contributed by atoms with Gasteiger partial charge in [0.05, 0.1) is 48.1 Å². The highest BCUT2D eigenvalue weighted by Gasteiger charge is 2.33. The topological polar surface area (TPSA) is 102 Å². The molecule has 228 valence electrons. The molecular weight excluding hydrogens is 605 g/mol. The van der Waals surface area contributed by atoms with Crippen molar-refractivity contribution in [3.8, 4) is 11.4 Å². The third kappa shape index (κ3) is 7.00. The molecule has 3 aromatic carbocycles.